The molecule has 1 amide bonds. The molecule has 2 aromatic rings. The Kier molecular flexibility index (Phi) is 4.28. The molecule has 8 heteroatoms. The summed E-state index contributed by atoms with van der Waals surface area (Å²) >= 11 is 0. The molecule has 1 fully saturated rings. The van der Waals surface area contributed by atoms with Gasteiger partial charge in [-0.25, -0.2) is 9.78 Å². The topological polar surface area (TPSA) is 101 Å². The molecule has 0 atom stereocenters. The van der Waals surface area contributed by atoms with Crippen LogP contribution in [0.25, 0.3) is 0 Å². The fraction of sp³-hybridized carbons (Fsp3) is 0.167. The Bertz CT molecular complexity index is 570. The number of para-hydroxylation sites is 1. The predicted molar refractivity (Wildman–Crippen MR) is 70.4 cm³/mol. The fourth-order valence-electron chi connectivity index (χ4n) is 1.59. The average Bonchev–Trinajstić information content (AvgIpc) is 3.11. The lowest BCUT2D eigenvalue weighted by Crippen LogP contribution is -2.22. The van der Waals surface area contributed by atoms with E-state index in [1.165, 1.54) is 12.4 Å². The van der Waals surface area contributed by atoms with Crippen molar-refractivity contribution < 1.29 is 14.5 Å². The summed E-state index contributed by atoms with van der Waals surface area (Å²) in [7, 11) is 0. The van der Waals surface area contributed by atoms with Gasteiger partial charge in [0.2, 0.25) is 0 Å². The molecule has 1 saturated heterocycles. The van der Waals surface area contributed by atoms with Crippen LogP contribution in [0.3, 0.4) is 0 Å². The average molecular weight is 276 g/mol. The standard InChI is InChI=1S/C9H9NO2.C3H3N3O2/c11-9-10(6-7-12-9)8-4-2-1-3-5-8;7-6(8)3-4-1-2-5-3/h1-5H,6-7H2;1-2H,(H,4,5). The molecular formula is C12H12N4O4. The number of benzene rings is 1. The van der Waals surface area contributed by atoms with Gasteiger partial charge in [-0.2, -0.15) is 0 Å². The first-order chi connectivity index (χ1) is 9.68. The van der Waals surface area contributed by atoms with E-state index in [1.54, 1.807) is 4.90 Å². The third kappa shape index (κ3) is 3.31. The van der Waals surface area contributed by atoms with Crippen LogP contribution in [0.5, 0.6) is 0 Å². The molecule has 1 N–H and O–H groups in total. The molecule has 0 aliphatic carbocycles. The molecule has 0 saturated carbocycles. The first-order valence-electron chi connectivity index (χ1n) is 5.81. The van der Waals surface area contributed by atoms with Gasteiger partial charge in [0.05, 0.1) is 12.7 Å². The van der Waals surface area contributed by atoms with Crippen LogP contribution in [0.1, 0.15) is 0 Å². The van der Waals surface area contributed by atoms with Crippen LogP contribution >= 0.6 is 0 Å². The van der Waals surface area contributed by atoms with Crippen LogP contribution in [0.15, 0.2) is 42.7 Å². The number of aromatic nitrogens is 2. The highest BCUT2D eigenvalue weighted by Gasteiger charge is 2.22. The van der Waals surface area contributed by atoms with E-state index in [0.29, 0.717) is 13.2 Å². The number of cyclic esters (lactones) is 1. The molecular weight excluding hydrogens is 264 g/mol. The summed E-state index contributed by atoms with van der Waals surface area (Å²) in [6.07, 6.45) is 2.48. The van der Waals surface area contributed by atoms with E-state index in [-0.39, 0.29) is 12.0 Å². The molecule has 3 rings (SSSR count). The lowest BCUT2D eigenvalue weighted by atomic mass is 10.3. The Morgan fingerprint density at radius 2 is 2.10 bits per heavy atom. The van der Waals surface area contributed by atoms with Gasteiger partial charge in [0.25, 0.3) is 0 Å². The number of carbonyl (C=O) groups excluding carboxylic acids is 1. The number of H-pyrrole nitrogens is 1. The first kappa shape index (κ1) is 13.5. The van der Waals surface area contributed by atoms with Crippen molar-refractivity contribution in [2.75, 3.05) is 18.1 Å². The van der Waals surface area contributed by atoms with E-state index in [1.807, 2.05) is 30.3 Å². The molecule has 8 nitrogen and oxygen atoms in total. The van der Waals surface area contributed by atoms with Gasteiger partial charge in [0.15, 0.2) is 0 Å². The Hall–Kier alpha value is -2.90. The molecule has 104 valence electrons. The lowest BCUT2D eigenvalue weighted by Gasteiger charge is -2.11. The van der Waals surface area contributed by atoms with Crippen LogP contribution in [0.4, 0.5) is 16.4 Å². The first-order valence-corrected chi connectivity index (χ1v) is 5.81. The van der Waals surface area contributed by atoms with E-state index in [0.717, 1.165) is 5.69 Å². The summed E-state index contributed by atoms with van der Waals surface area (Å²) in [5, 5.41) is 9.77. The van der Waals surface area contributed by atoms with E-state index in [9.17, 15) is 14.9 Å². The summed E-state index contributed by atoms with van der Waals surface area (Å²) < 4.78 is 4.81. The highest BCUT2D eigenvalue weighted by molar-refractivity contribution is 5.89. The normalized spacial score (nSPS) is 13.4. The van der Waals surface area contributed by atoms with Crippen LogP contribution < -0.4 is 4.90 Å². The SMILES string of the molecule is O=C1OCCN1c1ccccc1.O=[N+]([O-])c1ncc[nH]1. The van der Waals surface area contributed by atoms with Crippen molar-refractivity contribution >= 4 is 17.7 Å². The van der Waals surface area contributed by atoms with Gasteiger partial charge in [-0.1, -0.05) is 23.2 Å². The molecule has 0 radical (unpaired) electrons. The van der Waals surface area contributed by atoms with E-state index in [2.05, 4.69) is 9.97 Å². The minimum absolute atomic E-state index is 0.218. The number of imidazole rings is 1. The number of amides is 1. The molecule has 1 aliphatic rings. The molecule has 0 bridgehead atoms. The number of hydrogen-bond acceptors (Lipinski definition) is 5. The van der Waals surface area contributed by atoms with Gasteiger partial charge in [0.1, 0.15) is 12.8 Å². The number of nitro groups is 1. The summed E-state index contributed by atoms with van der Waals surface area (Å²) in [6.45, 7) is 1.15. The zero-order valence-corrected chi connectivity index (χ0v) is 10.4. The predicted octanol–water partition coefficient (Wildman–Crippen LogP) is 1.96. The quantitative estimate of drug-likeness (QED) is 0.667. The molecule has 0 unspecified atom stereocenters. The molecule has 1 aromatic heterocycles. The minimum Gasteiger partial charge on any atom is -0.447 e. The van der Waals surface area contributed by atoms with Crippen molar-refractivity contribution in [3.63, 3.8) is 0 Å². The Labute approximate surface area is 114 Å². The van der Waals surface area contributed by atoms with Crippen LogP contribution in [0.2, 0.25) is 0 Å². The number of ether oxygens (including phenoxy) is 1. The highest BCUT2D eigenvalue weighted by Crippen LogP contribution is 2.16. The van der Waals surface area contributed by atoms with E-state index in [4.69, 9.17) is 4.74 Å². The number of nitrogens with one attached hydrogen (secondary N) is 1. The number of anilines is 1. The molecule has 20 heavy (non-hydrogen) atoms. The van der Waals surface area contributed by atoms with Crippen molar-refractivity contribution in [2.45, 2.75) is 0 Å². The van der Waals surface area contributed by atoms with Crippen LogP contribution in [0, 0.1) is 10.1 Å². The number of rotatable bonds is 2. The van der Waals surface area contributed by atoms with Crippen molar-refractivity contribution in [1.82, 2.24) is 9.97 Å². The second-order valence-corrected chi connectivity index (χ2v) is 3.77. The third-order valence-corrected chi connectivity index (χ3v) is 2.49. The lowest BCUT2D eigenvalue weighted by molar-refractivity contribution is -0.393. The van der Waals surface area contributed by atoms with Gasteiger partial charge < -0.3 is 14.9 Å². The maximum atomic E-state index is 11.1. The van der Waals surface area contributed by atoms with Gasteiger partial charge in [0, 0.05) is 5.69 Å². The second kappa shape index (κ2) is 6.32. The van der Waals surface area contributed by atoms with Gasteiger partial charge >= 0.3 is 12.0 Å². The van der Waals surface area contributed by atoms with E-state index < -0.39 is 4.92 Å². The summed E-state index contributed by atoms with van der Waals surface area (Å²) in [6, 6.07) is 9.52. The zero-order valence-electron chi connectivity index (χ0n) is 10.4. The number of hydrogen-bond donors (Lipinski definition) is 1. The summed E-state index contributed by atoms with van der Waals surface area (Å²) in [5.74, 6) is -0.218. The maximum absolute atomic E-state index is 11.1. The van der Waals surface area contributed by atoms with E-state index >= 15 is 0 Å². The summed E-state index contributed by atoms with van der Waals surface area (Å²) in [5.41, 5.74) is 0.903. The minimum atomic E-state index is -0.583. The number of carbonyl (C=O) groups is 1. The van der Waals surface area contributed by atoms with Crippen LogP contribution in [-0.2, 0) is 4.74 Å². The Morgan fingerprint density at radius 3 is 2.55 bits per heavy atom. The number of aromatic amines is 1. The van der Waals surface area contributed by atoms with Crippen molar-refractivity contribution in [1.29, 1.82) is 0 Å². The van der Waals surface area contributed by atoms with Gasteiger partial charge in [-0.05, 0) is 17.1 Å². The molecule has 0 spiro atoms. The second-order valence-electron chi connectivity index (χ2n) is 3.77. The Balaban J connectivity index is 0.000000160. The van der Waals surface area contributed by atoms with Gasteiger partial charge in [-0.3, -0.25) is 4.90 Å². The Morgan fingerprint density at radius 1 is 1.35 bits per heavy atom. The molecule has 1 aliphatic heterocycles. The third-order valence-electron chi connectivity index (χ3n) is 2.49. The fourth-order valence-corrected chi connectivity index (χ4v) is 1.59. The molecule has 2 heterocycles. The van der Waals surface area contributed by atoms with Crippen LogP contribution in [-0.4, -0.2) is 34.1 Å². The van der Waals surface area contributed by atoms with Crippen molar-refractivity contribution in [3.8, 4) is 0 Å². The highest BCUT2D eigenvalue weighted by atomic mass is 16.6. The van der Waals surface area contributed by atoms with Crippen molar-refractivity contribution in [2.24, 2.45) is 0 Å². The zero-order chi connectivity index (χ0) is 14.4. The number of nitrogens with zero attached hydrogens (tertiary/aromatic N) is 3. The maximum Gasteiger partial charge on any atom is 0.432 e. The smallest absolute Gasteiger partial charge is 0.432 e. The van der Waals surface area contributed by atoms with Crippen molar-refractivity contribution in [3.05, 3.63) is 52.8 Å². The largest absolute Gasteiger partial charge is 0.447 e. The monoisotopic (exact) mass is 276 g/mol. The summed E-state index contributed by atoms with van der Waals surface area (Å²) in [4.78, 5) is 27.6. The van der Waals surface area contributed by atoms with Gasteiger partial charge in [-0.15, -0.1) is 0 Å². The molecule has 1 aromatic carbocycles.